The molecule has 0 amide bonds. The summed E-state index contributed by atoms with van der Waals surface area (Å²) in [5.74, 6) is 0. The van der Waals surface area contributed by atoms with Crippen molar-refractivity contribution in [1.82, 2.24) is 0 Å². The van der Waals surface area contributed by atoms with Crippen molar-refractivity contribution in [2.24, 2.45) is 0 Å². The summed E-state index contributed by atoms with van der Waals surface area (Å²) in [6.45, 7) is 0. The fourth-order valence-electron chi connectivity index (χ4n) is 6.30. The number of nitrogens with zero attached hydrogens (tertiary/aromatic N) is 1. The summed E-state index contributed by atoms with van der Waals surface area (Å²) in [6.07, 6.45) is 0. The second-order valence-corrected chi connectivity index (χ2v) is 11.0. The third-order valence-corrected chi connectivity index (χ3v) is 8.41. The lowest BCUT2D eigenvalue weighted by molar-refractivity contribution is 1.28. The maximum absolute atomic E-state index is 2.36. The highest BCUT2D eigenvalue weighted by Crippen LogP contribution is 2.39. The molecule has 0 saturated carbocycles. The van der Waals surface area contributed by atoms with Crippen LogP contribution in [0.25, 0.3) is 54.6 Å². The zero-order valence-electron chi connectivity index (χ0n) is 23.7. The molecule has 8 aromatic rings. The van der Waals surface area contributed by atoms with E-state index in [0.717, 1.165) is 17.1 Å². The van der Waals surface area contributed by atoms with Gasteiger partial charge in [0.05, 0.1) is 0 Å². The molecule has 0 N–H and O–H groups in total. The molecule has 1 heteroatoms. The van der Waals surface area contributed by atoms with Crippen LogP contribution in [-0.2, 0) is 0 Å². The summed E-state index contributed by atoms with van der Waals surface area (Å²) >= 11 is 0. The molecule has 8 aromatic carbocycles. The Kier molecular flexibility index (Phi) is 6.20. The average molecular weight is 548 g/mol. The molecule has 0 unspecified atom stereocenters. The van der Waals surface area contributed by atoms with Crippen molar-refractivity contribution < 1.29 is 0 Å². The molecule has 0 fully saturated rings. The third kappa shape index (κ3) is 4.62. The van der Waals surface area contributed by atoms with Crippen LogP contribution in [0, 0.1) is 0 Å². The molecule has 0 saturated heterocycles. The molecule has 8 rings (SSSR count). The Bertz CT molecular complexity index is 2180. The van der Waals surface area contributed by atoms with E-state index in [-0.39, 0.29) is 0 Å². The zero-order chi connectivity index (χ0) is 28.6. The van der Waals surface area contributed by atoms with Crippen molar-refractivity contribution in [1.29, 1.82) is 0 Å². The van der Waals surface area contributed by atoms with Gasteiger partial charge in [0.15, 0.2) is 0 Å². The summed E-state index contributed by atoms with van der Waals surface area (Å²) < 4.78 is 0. The fraction of sp³-hybridized carbons (Fsp3) is 0. The lowest BCUT2D eigenvalue weighted by atomic mass is 9.91. The number of para-hydroxylation sites is 2. The van der Waals surface area contributed by atoms with Crippen molar-refractivity contribution in [2.45, 2.75) is 0 Å². The Balaban J connectivity index is 1.21. The third-order valence-electron chi connectivity index (χ3n) is 8.41. The van der Waals surface area contributed by atoms with E-state index in [1.807, 2.05) is 0 Å². The summed E-state index contributed by atoms with van der Waals surface area (Å²) in [6, 6.07) is 63.4. The fourth-order valence-corrected chi connectivity index (χ4v) is 6.30. The molecule has 1 nitrogen and oxygen atoms in total. The molecular weight excluding hydrogens is 518 g/mol. The number of anilines is 3. The van der Waals surface area contributed by atoms with E-state index in [0.29, 0.717) is 0 Å². The van der Waals surface area contributed by atoms with Gasteiger partial charge in [0, 0.05) is 17.1 Å². The van der Waals surface area contributed by atoms with Crippen LogP contribution >= 0.6 is 0 Å². The van der Waals surface area contributed by atoms with Crippen LogP contribution in [0.2, 0.25) is 0 Å². The number of fused-ring (bicyclic) bond motifs is 3. The van der Waals surface area contributed by atoms with Gasteiger partial charge < -0.3 is 4.90 Å². The summed E-state index contributed by atoms with van der Waals surface area (Å²) in [5.41, 5.74) is 8.37. The molecule has 0 aliphatic heterocycles. The van der Waals surface area contributed by atoms with Crippen molar-refractivity contribution in [3.8, 4) is 22.3 Å². The van der Waals surface area contributed by atoms with Crippen LogP contribution in [0.3, 0.4) is 0 Å². The molecule has 202 valence electrons. The number of benzene rings is 8. The summed E-state index contributed by atoms with van der Waals surface area (Å²) in [4.78, 5) is 2.30. The van der Waals surface area contributed by atoms with E-state index in [1.54, 1.807) is 0 Å². The normalized spacial score (nSPS) is 11.3. The number of rotatable bonds is 5. The first-order valence-electron chi connectivity index (χ1n) is 14.8. The first-order valence-corrected chi connectivity index (χ1v) is 14.8. The van der Waals surface area contributed by atoms with Gasteiger partial charge >= 0.3 is 0 Å². The Morgan fingerprint density at radius 1 is 0.279 bits per heavy atom. The Hall–Kier alpha value is -5.66. The van der Waals surface area contributed by atoms with Crippen LogP contribution in [-0.4, -0.2) is 0 Å². The lowest BCUT2D eigenvalue weighted by Crippen LogP contribution is -2.09. The van der Waals surface area contributed by atoms with Crippen LogP contribution < -0.4 is 4.90 Å². The van der Waals surface area contributed by atoms with Crippen LogP contribution in [0.15, 0.2) is 176 Å². The highest BCUT2D eigenvalue weighted by atomic mass is 15.1. The number of hydrogen-bond acceptors (Lipinski definition) is 1. The van der Waals surface area contributed by atoms with Gasteiger partial charge in [-0.25, -0.2) is 0 Å². The summed E-state index contributed by atoms with van der Waals surface area (Å²) in [5, 5.41) is 7.57. The van der Waals surface area contributed by atoms with Gasteiger partial charge in [0.25, 0.3) is 0 Å². The van der Waals surface area contributed by atoms with E-state index in [4.69, 9.17) is 0 Å². The molecule has 0 aliphatic carbocycles. The first kappa shape index (κ1) is 25.1. The Morgan fingerprint density at radius 2 is 0.744 bits per heavy atom. The van der Waals surface area contributed by atoms with Gasteiger partial charge in [-0.05, 0) is 109 Å². The molecule has 0 heterocycles. The lowest BCUT2D eigenvalue weighted by Gasteiger charge is -2.25. The molecule has 0 aliphatic rings. The minimum atomic E-state index is 1.13. The minimum Gasteiger partial charge on any atom is -0.311 e. The monoisotopic (exact) mass is 547 g/mol. The van der Waals surface area contributed by atoms with Crippen molar-refractivity contribution >= 4 is 49.4 Å². The molecular formula is C42H29N. The molecule has 0 atom stereocenters. The quantitative estimate of drug-likeness (QED) is 0.194. The van der Waals surface area contributed by atoms with Gasteiger partial charge in [-0.15, -0.1) is 0 Å². The van der Waals surface area contributed by atoms with E-state index >= 15 is 0 Å². The van der Waals surface area contributed by atoms with E-state index in [9.17, 15) is 0 Å². The van der Waals surface area contributed by atoms with Gasteiger partial charge in [-0.3, -0.25) is 0 Å². The van der Waals surface area contributed by atoms with Crippen LogP contribution in [0.5, 0.6) is 0 Å². The second-order valence-electron chi connectivity index (χ2n) is 11.0. The zero-order valence-corrected chi connectivity index (χ0v) is 23.7. The van der Waals surface area contributed by atoms with E-state index < -0.39 is 0 Å². The van der Waals surface area contributed by atoms with Gasteiger partial charge in [-0.1, -0.05) is 121 Å². The predicted octanol–water partition coefficient (Wildman–Crippen LogP) is 11.9. The van der Waals surface area contributed by atoms with Crippen molar-refractivity contribution in [3.63, 3.8) is 0 Å². The number of hydrogen-bond donors (Lipinski definition) is 0. The molecule has 0 bridgehead atoms. The largest absolute Gasteiger partial charge is 0.311 e. The average Bonchev–Trinajstić information content (AvgIpc) is 3.08. The van der Waals surface area contributed by atoms with Crippen LogP contribution in [0.4, 0.5) is 17.1 Å². The Morgan fingerprint density at radius 3 is 1.35 bits per heavy atom. The topological polar surface area (TPSA) is 3.24 Å². The summed E-state index contributed by atoms with van der Waals surface area (Å²) in [7, 11) is 0. The molecule has 43 heavy (non-hydrogen) atoms. The molecule has 0 spiro atoms. The highest BCUT2D eigenvalue weighted by molar-refractivity contribution is 6.09. The standard InChI is InChI=1S/C42H29N/c1-3-15-36(16-4-1)43(37-17-5-2-6-18-37)38-25-23-31(24-26-38)39-19-9-13-33-29-42-34(28-41(33)39)14-10-20-40(42)35-22-21-30-11-7-8-12-32(30)27-35/h1-29H. The van der Waals surface area contributed by atoms with E-state index in [2.05, 4.69) is 181 Å². The van der Waals surface area contributed by atoms with Gasteiger partial charge in [0.1, 0.15) is 0 Å². The second kappa shape index (κ2) is 10.6. The highest BCUT2D eigenvalue weighted by Gasteiger charge is 2.13. The van der Waals surface area contributed by atoms with Crippen molar-refractivity contribution in [3.05, 3.63) is 176 Å². The van der Waals surface area contributed by atoms with Crippen molar-refractivity contribution in [2.75, 3.05) is 4.90 Å². The smallest absolute Gasteiger partial charge is 0.0462 e. The van der Waals surface area contributed by atoms with E-state index in [1.165, 1.54) is 54.6 Å². The molecule has 0 aromatic heterocycles. The maximum atomic E-state index is 2.36. The van der Waals surface area contributed by atoms with Gasteiger partial charge in [-0.2, -0.15) is 0 Å². The van der Waals surface area contributed by atoms with Crippen LogP contribution in [0.1, 0.15) is 0 Å². The SMILES string of the molecule is c1ccc(N(c2ccccc2)c2ccc(-c3cccc4cc5c(-c6ccc7ccccc7c6)cccc5cc34)cc2)cc1. The minimum absolute atomic E-state index is 1.13. The Labute approximate surface area is 251 Å². The molecule has 0 radical (unpaired) electrons. The predicted molar refractivity (Wildman–Crippen MR) is 185 cm³/mol. The van der Waals surface area contributed by atoms with Gasteiger partial charge in [0.2, 0.25) is 0 Å². The maximum Gasteiger partial charge on any atom is 0.0462 e. The first-order chi connectivity index (χ1) is 21.3.